The van der Waals surface area contributed by atoms with Crippen LogP contribution in [-0.4, -0.2) is 4.57 Å². The molecule has 0 spiro atoms. The monoisotopic (exact) mass is 277 g/mol. The molecule has 1 heterocycles. The Bertz CT molecular complexity index is 831. The maximum absolute atomic E-state index is 12.4. The number of fused-ring (bicyclic) bond motifs is 1. The van der Waals surface area contributed by atoms with E-state index in [0.717, 1.165) is 23.1 Å². The van der Waals surface area contributed by atoms with Gasteiger partial charge in [-0.25, -0.2) is 0 Å². The van der Waals surface area contributed by atoms with Crippen molar-refractivity contribution in [1.29, 1.82) is 0 Å². The van der Waals surface area contributed by atoms with E-state index in [-0.39, 0.29) is 5.56 Å². The summed E-state index contributed by atoms with van der Waals surface area (Å²) in [5, 5.41) is 1.17. The highest BCUT2D eigenvalue weighted by atomic mass is 16.1. The molecule has 0 aliphatic carbocycles. The standard InChI is InChI=1S/C19H19NO/c1-14-7-6-10-17-15(2)13-18(21)20(19(14)17)12-11-16-8-4-3-5-9-16/h3-10,13H,11-12H2,1-2H3. The number of nitrogens with zero attached hydrogens (tertiary/aromatic N) is 1. The molecule has 0 saturated heterocycles. The number of hydrogen-bond donors (Lipinski definition) is 0. The molecule has 0 amide bonds. The Morgan fingerprint density at radius 3 is 2.43 bits per heavy atom. The van der Waals surface area contributed by atoms with Gasteiger partial charge in [0, 0.05) is 18.0 Å². The molecule has 0 fully saturated rings. The van der Waals surface area contributed by atoms with Crippen molar-refractivity contribution >= 4 is 10.9 Å². The molecule has 0 bridgehead atoms. The van der Waals surface area contributed by atoms with E-state index in [1.807, 2.05) is 29.7 Å². The molecule has 0 N–H and O–H groups in total. The summed E-state index contributed by atoms with van der Waals surface area (Å²) in [6.07, 6.45) is 0.868. The van der Waals surface area contributed by atoms with E-state index >= 15 is 0 Å². The molecular formula is C19H19NO. The van der Waals surface area contributed by atoms with E-state index in [1.165, 1.54) is 10.9 Å². The first-order valence-corrected chi connectivity index (χ1v) is 7.30. The lowest BCUT2D eigenvalue weighted by molar-refractivity contribution is 0.693. The summed E-state index contributed by atoms with van der Waals surface area (Å²) in [5.41, 5.74) is 4.62. The highest BCUT2D eigenvalue weighted by Gasteiger charge is 2.08. The second kappa shape index (κ2) is 5.57. The van der Waals surface area contributed by atoms with Crippen molar-refractivity contribution in [1.82, 2.24) is 4.57 Å². The minimum Gasteiger partial charge on any atom is -0.308 e. The molecule has 1 aromatic heterocycles. The van der Waals surface area contributed by atoms with Gasteiger partial charge in [0.2, 0.25) is 0 Å². The van der Waals surface area contributed by atoms with Crippen molar-refractivity contribution in [3.05, 3.63) is 81.6 Å². The van der Waals surface area contributed by atoms with Gasteiger partial charge in [0.1, 0.15) is 0 Å². The average Bonchev–Trinajstić information content (AvgIpc) is 2.49. The highest BCUT2D eigenvalue weighted by Crippen LogP contribution is 2.20. The molecule has 0 radical (unpaired) electrons. The van der Waals surface area contributed by atoms with E-state index in [2.05, 4.69) is 37.3 Å². The molecule has 2 nitrogen and oxygen atoms in total. The molecule has 3 aromatic rings. The molecule has 2 heteroatoms. The molecular weight excluding hydrogens is 258 g/mol. The molecule has 2 aromatic carbocycles. The van der Waals surface area contributed by atoms with Crippen LogP contribution in [0.5, 0.6) is 0 Å². The topological polar surface area (TPSA) is 22.0 Å². The van der Waals surface area contributed by atoms with E-state index in [1.54, 1.807) is 6.07 Å². The quantitative estimate of drug-likeness (QED) is 0.712. The lowest BCUT2D eigenvalue weighted by Crippen LogP contribution is -2.22. The van der Waals surface area contributed by atoms with Crippen LogP contribution in [0.4, 0.5) is 0 Å². The van der Waals surface area contributed by atoms with Crippen LogP contribution in [0.2, 0.25) is 0 Å². The molecule has 0 unspecified atom stereocenters. The van der Waals surface area contributed by atoms with Crippen molar-refractivity contribution in [2.45, 2.75) is 26.8 Å². The fourth-order valence-corrected chi connectivity index (χ4v) is 2.89. The Balaban J connectivity index is 2.08. The summed E-state index contributed by atoms with van der Waals surface area (Å²) < 4.78 is 1.91. The van der Waals surface area contributed by atoms with E-state index in [9.17, 15) is 4.79 Å². The van der Waals surface area contributed by atoms with Gasteiger partial charge >= 0.3 is 0 Å². The first-order valence-electron chi connectivity index (χ1n) is 7.30. The Hall–Kier alpha value is -2.35. The Morgan fingerprint density at radius 1 is 0.905 bits per heavy atom. The van der Waals surface area contributed by atoms with Crippen LogP contribution >= 0.6 is 0 Å². The van der Waals surface area contributed by atoms with Crippen LogP contribution in [0.25, 0.3) is 10.9 Å². The first-order chi connectivity index (χ1) is 10.2. The van der Waals surface area contributed by atoms with Crippen molar-refractivity contribution in [3.8, 4) is 0 Å². The Labute approximate surface area is 124 Å². The van der Waals surface area contributed by atoms with Gasteiger partial charge in [0.15, 0.2) is 0 Å². The predicted octanol–water partition coefficient (Wildman–Crippen LogP) is 3.86. The van der Waals surface area contributed by atoms with E-state index in [0.29, 0.717) is 6.54 Å². The fourth-order valence-electron chi connectivity index (χ4n) is 2.89. The maximum atomic E-state index is 12.4. The first kappa shape index (κ1) is 13.6. The van der Waals surface area contributed by atoms with Gasteiger partial charge in [-0.05, 0) is 37.0 Å². The maximum Gasteiger partial charge on any atom is 0.251 e. The minimum atomic E-state index is 0.0882. The van der Waals surface area contributed by atoms with Gasteiger partial charge in [0.25, 0.3) is 5.56 Å². The highest BCUT2D eigenvalue weighted by molar-refractivity contribution is 5.85. The summed E-state index contributed by atoms with van der Waals surface area (Å²) in [7, 11) is 0. The zero-order chi connectivity index (χ0) is 14.8. The summed E-state index contributed by atoms with van der Waals surface area (Å²) in [6.45, 7) is 4.79. The van der Waals surface area contributed by atoms with Crippen molar-refractivity contribution < 1.29 is 0 Å². The van der Waals surface area contributed by atoms with Gasteiger partial charge in [0.05, 0.1) is 5.52 Å². The van der Waals surface area contributed by atoms with Crippen LogP contribution in [0, 0.1) is 13.8 Å². The van der Waals surface area contributed by atoms with Gasteiger partial charge in [-0.3, -0.25) is 4.79 Å². The zero-order valence-corrected chi connectivity index (χ0v) is 12.5. The summed E-state index contributed by atoms with van der Waals surface area (Å²) in [5.74, 6) is 0. The Kier molecular flexibility index (Phi) is 3.61. The second-order valence-electron chi connectivity index (χ2n) is 5.52. The number of benzene rings is 2. The zero-order valence-electron chi connectivity index (χ0n) is 12.5. The molecule has 21 heavy (non-hydrogen) atoms. The SMILES string of the molecule is Cc1cc(=O)n(CCc2ccccc2)c2c(C)cccc12. The van der Waals surface area contributed by atoms with Crippen LogP contribution in [0.3, 0.4) is 0 Å². The molecule has 106 valence electrons. The van der Waals surface area contributed by atoms with Crippen LogP contribution in [0.1, 0.15) is 16.7 Å². The molecule has 0 atom stereocenters. The Morgan fingerprint density at radius 2 is 1.67 bits per heavy atom. The summed E-state index contributed by atoms with van der Waals surface area (Å²) in [6, 6.07) is 18.3. The van der Waals surface area contributed by atoms with Crippen LogP contribution in [-0.2, 0) is 13.0 Å². The number of hydrogen-bond acceptors (Lipinski definition) is 1. The molecule has 0 aliphatic heterocycles. The number of para-hydroxylation sites is 1. The molecule has 0 aliphatic rings. The number of pyridine rings is 1. The van der Waals surface area contributed by atoms with Crippen molar-refractivity contribution in [2.24, 2.45) is 0 Å². The smallest absolute Gasteiger partial charge is 0.251 e. The summed E-state index contributed by atoms with van der Waals surface area (Å²) >= 11 is 0. The van der Waals surface area contributed by atoms with Gasteiger partial charge < -0.3 is 4.57 Å². The minimum absolute atomic E-state index is 0.0882. The lowest BCUT2D eigenvalue weighted by Gasteiger charge is -2.14. The number of rotatable bonds is 3. The van der Waals surface area contributed by atoms with Gasteiger partial charge in [-0.15, -0.1) is 0 Å². The van der Waals surface area contributed by atoms with E-state index < -0.39 is 0 Å². The lowest BCUT2D eigenvalue weighted by atomic mass is 10.1. The van der Waals surface area contributed by atoms with Crippen LogP contribution in [0.15, 0.2) is 59.4 Å². The third kappa shape index (κ3) is 2.62. The predicted molar refractivity (Wildman–Crippen MR) is 87.8 cm³/mol. The third-order valence-corrected chi connectivity index (χ3v) is 4.01. The summed E-state index contributed by atoms with van der Waals surface area (Å²) in [4.78, 5) is 12.4. The number of aromatic nitrogens is 1. The van der Waals surface area contributed by atoms with E-state index in [4.69, 9.17) is 0 Å². The van der Waals surface area contributed by atoms with Crippen LogP contribution < -0.4 is 5.56 Å². The fraction of sp³-hybridized carbons (Fsp3) is 0.211. The number of aryl methyl sites for hydroxylation is 4. The molecule has 0 saturated carbocycles. The van der Waals surface area contributed by atoms with Gasteiger partial charge in [-0.1, -0.05) is 48.5 Å². The third-order valence-electron chi connectivity index (χ3n) is 4.01. The second-order valence-corrected chi connectivity index (χ2v) is 5.52. The largest absolute Gasteiger partial charge is 0.308 e. The van der Waals surface area contributed by atoms with Crippen molar-refractivity contribution in [2.75, 3.05) is 0 Å². The molecule has 3 rings (SSSR count). The normalized spacial score (nSPS) is 11.0. The van der Waals surface area contributed by atoms with Gasteiger partial charge in [-0.2, -0.15) is 0 Å². The van der Waals surface area contributed by atoms with Crippen molar-refractivity contribution in [3.63, 3.8) is 0 Å². The average molecular weight is 277 g/mol.